The van der Waals surface area contributed by atoms with Gasteiger partial charge in [0.2, 0.25) is 5.91 Å². The van der Waals surface area contributed by atoms with Gasteiger partial charge in [-0.05, 0) is 30.2 Å². The van der Waals surface area contributed by atoms with E-state index in [1.165, 1.54) is 0 Å². The van der Waals surface area contributed by atoms with Gasteiger partial charge in [0.05, 0.1) is 24.5 Å². The van der Waals surface area contributed by atoms with Crippen LogP contribution in [0.5, 0.6) is 5.75 Å². The minimum Gasteiger partial charge on any atom is -0.496 e. The SMILES string of the molecule is COc1ccccc1CCC(=O)Nc1cnc2ccccc2c1. The van der Waals surface area contributed by atoms with Gasteiger partial charge in [0.25, 0.3) is 0 Å². The van der Waals surface area contributed by atoms with E-state index in [0.717, 1.165) is 22.2 Å². The van der Waals surface area contributed by atoms with Crippen molar-refractivity contribution in [3.63, 3.8) is 0 Å². The van der Waals surface area contributed by atoms with Crippen LogP contribution in [0.4, 0.5) is 5.69 Å². The highest BCUT2D eigenvalue weighted by Gasteiger charge is 2.07. The maximum Gasteiger partial charge on any atom is 0.224 e. The Balaban J connectivity index is 1.64. The average molecular weight is 306 g/mol. The zero-order valence-corrected chi connectivity index (χ0v) is 13.0. The Morgan fingerprint density at radius 3 is 2.78 bits per heavy atom. The molecule has 1 aromatic heterocycles. The molecule has 0 bridgehead atoms. The second kappa shape index (κ2) is 6.92. The maximum absolute atomic E-state index is 12.1. The highest BCUT2D eigenvalue weighted by Crippen LogP contribution is 2.20. The lowest BCUT2D eigenvalue weighted by Crippen LogP contribution is -2.12. The number of amides is 1. The number of pyridine rings is 1. The van der Waals surface area contributed by atoms with E-state index in [-0.39, 0.29) is 5.91 Å². The van der Waals surface area contributed by atoms with Gasteiger partial charge in [-0.25, -0.2) is 0 Å². The van der Waals surface area contributed by atoms with E-state index in [2.05, 4.69) is 10.3 Å². The van der Waals surface area contributed by atoms with E-state index in [9.17, 15) is 4.79 Å². The normalized spacial score (nSPS) is 10.5. The molecule has 0 saturated carbocycles. The molecule has 0 aliphatic rings. The van der Waals surface area contributed by atoms with Crippen molar-refractivity contribution in [2.75, 3.05) is 12.4 Å². The van der Waals surface area contributed by atoms with Crippen LogP contribution in [0.25, 0.3) is 10.9 Å². The number of carbonyl (C=O) groups excluding carboxylic acids is 1. The molecular formula is C19H18N2O2. The molecule has 116 valence electrons. The number of rotatable bonds is 5. The lowest BCUT2D eigenvalue weighted by molar-refractivity contribution is -0.116. The smallest absolute Gasteiger partial charge is 0.224 e. The van der Waals surface area contributed by atoms with Gasteiger partial charge >= 0.3 is 0 Å². The lowest BCUT2D eigenvalue weighted by atomic mass is 10.1. The molecule has 3 aromatic rings. The number of hydrogen-bond acceptors (Lipinski definition) is 3. The zero-order valence-electron chi connectivity index (χ0n) is 13.0. The first-order valence-corrected chi connectivity index (χ1v) is 7.53. The third kappa shape index (κ3) is 3.66. The van der Waals surface area contributed by atoms with E-state index in [4.69, 9.17) is 4.74 Å². The molecule has 4 nitrogen and oxygen atoms in total. The van der Waals surface area contributed by atoms with Crippen molar-refractivity contribution in [1.29, 1.82) is 0 Å². The van der Waals surface area contributed by atoms with Crippen LogP contribution in [0, 0.1) is 0 Å². The Bertz CT molecular complexity index is 830. The Kier molecular flexibility index (Phi) is 4.52. The number of fused-ring (bicyclic) bond motifs is 1. The molecule has 1 heterocycles. The highest BCUT2D eigenvalue weighted by molar-refractivity contribution is 5.93. The molecule has 1 N–H and O–H groups in total. The molecule has 0 unspecified atom stereocenters. The zero-order chi connectivity index (χ0) is 16.1. The number of carbonyl (C=O) groups is 1. The van der Waals surface area contributed by atoms with Gasteiger partial charge in [0, 0.05) is 11.8 Å². The summed E-state index contributed by atoms with van der Waals surface area (Å²) < 4.78 is 5.30. The summed E-state index contributed by atoms with van der Waals surface area (Å²) in [6, 6.07) is 17.5. The average Bonchev–Trinajstić information content (AvgIpc) is 2.60. The summed E-state index contributed by atoms with van der Waals surface area (Å²) in [6.45, 7) is 0. The Morgan fingerprint density at radius 1 is 1.13 bits per heavy atom. The van der Waals surface area contributed by atoms with Crippen molar-refractivity contribution in [2.45, 2.75) is 12.8 Å². The van der Waals surface area contributed by atoms with Crippen molar-refractivity contribution in [1.82, 2.24) is 4.98 Å². The second-order valence-corrected chi connectivity index (χ2v) is 5.28. The number of nitrogens with one attached hydrogen (secondary N) is 1. The third-order valence-corrected chi connectivity index (χ3v) is 3.69. The first-order valence-electron chi connectivity index (χ1n) is 7.53. The van der Waals surface area contributed by atoms with E-state index >= 15 is 0 Å². The van der Waals surface area contributed by atoms with Crippen molar-refractivity contribution in [3.05, 3.63) is 66.4 Å². The molecule has 2 aromatic carbocycles. The molecule has 0 spiro atoms. The van der Waals surface area contributed by atoms with Crippen molar-refractivity contribution < 1.29 is 9.53 Å². The van der Waals surface area contributed by atoms with E-state index < -0.39 is 0 Å². The predicted octanol–water partition coefficient (Wildman–Crippen LogP) is 3.81. The van der Waals surface area contributed by atoms with Gasteiger partial charge in [-0.3, -0.25) is 9.78 Å². The van der Waals surface area contributed by atoms with Crippen molar-refractivity contribution in [2.24, 2.45) is 0 Å². The quantitative estimate of drug-likeness (QED) is 0.779. The number of methoxy groups -OCH3 is 1. The Hall–Kier alpha value is -2.88. The molecule has 4 heteroatoms. The fourth-order valence-electron chi connectivity index (χ4n) is 2.52. The minimum absolute atomic E-state index is 0.0343. The number of anilines is 1. The van der Waals surface area contributed by atoms with Gasteiger partial charge in [-0.2, -0.15) is 0 Å². The summed E-state index contributed by atoms with van der Waals surface area (Å²) >= 11 is 0. The molecule has 1 amide bonds. The number of nitrogens with zero attached hydrogens (tertiary/aromatic N) is 1. The van der Waals surface area contributed by atoms with E-state index in [0.29, 0.717) is 18.5 Å². The van der Waals surface area contributed by atoms with Crippen molar-refractivity contribution in [3.8, 4) is 5.75 Å². The van der Waals surface area contributed by atoms with Crippen LogP contribution in [0.2, 0.25) is 0 Å². The summed E-state index contributed by atoms with van der Waals surface area (Å²) in [5, 5.41) is 3.91. The second-order valence-electron chi connectivity index (χ2n) is 5.28. The molecule has 0 atom stereocenters. The van der Waals surface area contributed by atoms with Crippen LogP contribution >= 0.6 is 0 Å². The maximum atomic E-state index is 12.1. The van der Waals surface area contributed by atoms with Gasteiger partial charge < -0.3 is 10.1 Å². The van der Waals surface area contributed by atoms with Crippen LogP contribution in [0.15, 0.2) is 60.8 Å². The van der Waals surface area contributed by atoms with Gasteiger partial charge in [0.1, 0.15) is 5.75 Å². The van der Waals surface area contributed by atoms with Gasteiger partial charge in [-0.15, -0.1) is 0 Å². The minimum atomic E-state index is -0.0343. The Labute approximate surface area is 135 Å². The molecule has 0 radical (unpaired) electrons. The van der Waals surface area contributed by atoms with E-state index in [1.54, 1.807) is 13.3 Å². The van der Waals surface area contributed by atoms with Crippen LogP contribution in [0.3, 0.4) is 0 Å². The number of ether oxygens (including phenoxy) is 1. The molecule has 3 rings (SSSR count). The van der Waals surface area contributed by atoms with Crippen molar-refractivity contribution >= 4 is 22.5 Å². The summed E-state index contributed by atoms with van der Waals surface area (Å²) in [5.41, 5.74) is 2.66. The summed E-state index contributed by atoms with van der Waals surface area (Å²) in [5.74, 6) is 0.778. The van der Waals surface area contributed by atoms with Crippen LogP contribution in [-0.2, 0) is 11.2 Å². The molecule has 0 aliphatic carbocycles. The summed E-state index contributed by atoms with van der Waals surface area (Å²) in [7, 11) is 1.64. The van der Waals surface area contributed by atoms with Crippen LogP contribution in [0.1, 0.15) is 12.0 Å². The number of aryl methyl sites for hydroxylation is 1. The first kappa shape index (κ1) is 15.0. The van der Waals surface area contributed by atoms with Crippen LogP contribution in [-0.4, -0.2) is 18.0 Å². The standard InChI is InChI=1S/C19H18N2O2/c1-23-18-9-5-3-6-14(18)10-11-19(22)21-16-12-15-7-2-4-8-17(15)20-13-16/h2-9,12-13H,10-11H2,1H3,(H,21,22). The largest absolute Gasteiger partial charge is 0.496 e. The molecule has 0 saturated heterocycles. The number of benzene rings is 2. The molecular weight excluding hydrogens is 288 g/mol. The fraction of sp³-hybridized carbons (Fsp3) is 0.158. The monoisotopic (exact) mass is 306 g/mol. The van der Waals surface area contributed by atoms with Gasteiger partial charge in [-0.1, -0.05) is 36.4 Å². The topological polar surface area (TPSA) is 51.2 Å². The predicted molar refractivity (Wildman–Crippen MR) is 91.7 cm³/mol. The molecule has 0 aliphatic heterocycles. The summed E-state index contributed by atoms with van der Waals surface area (Å²) in [6.07, 6.45) is 2.72. The third-order valence-electron chi connectivity index (χ3n) is 3.69. The Morgan fingerprint density at radius 2 is 1.91 bits per heavy atom. The fourth-order valence-corrected chi connectivity index (χ4v) is 2.52. The number of hydrogen-bond donors (Lipinski definition) is 1. The number of aromatic nitrogens is 1. The molecule has 0 fully saturated rings. The number of para-hydroxylation sites is 2. The lowest BCUT2D eigenvalue weighted by Gasteiger charge is -2.09. The van der Waals surface area contributed by atoms with Crippen LogP contribution < -0.4 is 10.1 Å². The molecule has 23 heavy (non-hydrogen) atoms. The summed E-state index contributed by atoms with van der Waals surface area (Å²) in [4.78, 5) is 16.5. The van der Waals surface area contributed by atoms with E-state index in [1.807, 2.05) is 54.6 Å². The van der Waals surface area contributed by atoms with Gasteiger partial charge in [0.15, 0.2) is 0 Å². The first-order chi connectivity index (χ1) is 11.3. The highest BCUT2D eigenvalue weighted by atomic mass is 16.5.